The lowest BCUT2D eigenvalue weighted by atomic mass is 10.1. The smallest absolute Gasteiger partial charge is 0.251 e. The number of aromatic nitrogens is 5. The van der Waals surface area contributed by atoms with E-state index < -0.39 is 0 Å². The summed E-state index contributed by atoms with van der Waals surface area (Å²) in [6.45, 7) is 9.45. The fourth-order valence-electron chi connectivity index (χ4n) is 3.41. The van der Waals surface area contributed by atoms with Crippen LogP contribution in [-0.4, -0.2) is 30.6 Å². The van der Waals surface area contributed by atoms with Crippen molar-refractivity contribution in [2.75, 3.05) is 5.32 Å². The van der Waals surface area contributed by atoms with Gasteiger partial charge in [-0.05, 0) is 52.0 Å². The van der Waals surface area contributed by atoms with Gasteiger partial charge in [0.25, 0.3) is 5.95 Å². The van der Waals surface area contributed by atoms with E-state index in [9.17, 15) is 4.79 Å². The summed E-state index contributed by atoms with van der Waals surface area (Å²) in [7, 11) is 0. The molecule has 0 fully saturated rings. The number of oxazole rings is 1. The molecule has 3 heterocycles. The number of nitrogens with one attached hydrogen (secondary N) is 1. The van der Waals surface area contributed by atoms with Crippen LogP contribution in [0.25, 0.3) is 17.0 Å². The van der Waals surface area contributed by atoms with Crippen molar-refractivity contribution in [3.63, 3.8) is 0 Å². The normalized spacial score (nSPS) is 11.2. The molecule has 1 N–H and O–H groups in total. The molecule has 0 spiro atoms. The van der Waals surface area contributed by atoms with Gasteiger partial charge in [-0.25, -0.2) is 19.6 Å². The van der Waals surface area contributed by atoms with E-state index in [1.54, 1.807) is 29.8 Å². The highest BCUT2D eigenvalue weighted by molar-refractivity contribution is 5.94. The van der Waals surface area contributed by atoms with Crippen LogP contribution in [0.5, 0.6) is 0 Å². The van der Waals surface area contributed by atoms with Gasteiger partial charge in [-0.2, -0.15) is 5.10 Å². The van der Waals surface area contributed by atoms with E-state index >= 15 is 0 Å². The molecule has 0 saturated carbocycles. The van der Waals surface area contributed by atoms with Crippen LogP contribution in [0.15, 0.2) is 28.7 Å². The quantitative estimate of drug-likeness (QED) is 0.572. The van der Waals surface area contributed by atoms with Crippen molar-refractivity contribution in [2.24, 2.45) is 0 Å². The molecule has 8 nitrogen and oxygen atoms in total. The molecule has 0 atom stereocenters. The molecule has 0 saturated heterocycles. The Morgan fingerprint density at radius 3 is 2.48 bits per heavy atom. The largest absolute Gasteiger partial charge is 0.441 e. The van der Waals surface area contributed by atoms with E-state index in [-0.39, 0.29) is 12.3 Å². The molecule has 4 aromatic rings. The second-order valence-corrected chi connectivity index (χ2v) is 7.15. The van der Waals surface area contributed by atoms with E-state index in [1.165, 1.54) is 0 Å². The maximum Gasteiger partial charge on any atom is 0.251 e. The molecule has 0 aliphatic carbocycles. The van der Waals surface area contributed by atoms with Gasteiger partial charge in [0.15, 0.2) is 11.5 Å². The van der Waals surface area contributed by atoms with E-state index in [4.69, 9.17) is 4.42 Å². The van der Waals surface area contributed by atoms with Gasteiger partial charge in [-0.3, -0.25) is 4.79 Å². The van der Waals surface area contributed by atoms with Crippen LogP contribution in [0.1, 0.15) is 34.2 Å². The monoisotopic (exact) mass is 390 g/mol. The Morgan fingerprint density at radius 2 is 1.76 bits per heavy atom. The summed E-state index contributed by atoms with van der Waals surface area (Å²) in [5.74, 6) is 0.981. The third kappa shape index (κ3) is 3.73. The molecule has 0 radical (unpaired) electrons. The zero-order chi connectivity index (χ0) is 20.7. The first-order valence-electron chi connectivity index (χ1n) is 9.35. The maximum absolute atomic E-state index is 12.7. The third-order valence-corrected chi connectivity index (χ3v) is 4.72. The van der Waals surface area contributed by atoms with Crippen LogP contribution in [0.3, 0.4) is 0 Å². The minimum Gasteiger partial charge on any atom is -0.441 e. The van der Waals surface area contributed by atoms with E-state index in [0.717, 1.165) is 28.3 Å². The fraction of sp³-hybridized carbons (Fsp3) is 0.286. The Kier molecular flexibility index (Phi) is 4.62. The molecule has 1 amide bonds. The van der Waals surface area contributed by atoms with Crippen LogP contribution >= 0.6 is 0 Å². The van der Waals surface area contributed by atoms with Crippen molar-refractivity contribution >= 4 is 22.7 Å². The Morgan fingerprint density at radius 1 is 1.03 bits per heavy atom. The summed E-state index contributed by atoms with van der Waals surface area (Å²) < 4.78 is 7.17. The molecule has 0 aliphatic heterocycles. The third-order valence-electron chi connectivity index (χ3n) is 4.72. The summed E-state index contributed by atoms with van der Waals surface area (Å²) in [6, 6.07) is 7.32. The van der Waals surface area contributed by atoms with Gasteiger partial charge >= 0.3 is 0 Å². The summed E-state index contributed by atoms with van der Waals surface area (Å²) in [6.07, 6.45) is 0.207. The van der Waals surface area contributed by atoms with Crippen molar-refractivity contribution in [2.45, 2.75) is 41.0 Å². The predicted octanol–water partition coefficient (Wildman–Crippen LogP) is 3.53. The number of benzene rings is 1. The second kappa shape index (κ2) is 7.12. The van der Waals surface area contributed by atoms with E-state index in [0.29, 0.717) is 28.6 Å². The fourth-order valence-corrected chi connectivity index (χ4v) is 3.41. The number of carbonyl (C=O) groups is 1. The van der Waals surface area contributed by atoms with Crippen molar-refractivity contribution < 1.29 is 9.21 Å². The summed E-state index contributed by atoms with van der Waals surface area (Å²) in [5.41, 5.74) is 6.33. The minimum atomic E-state index is -0.128. The van der Waals surface area contributed by atoms with Crippen LogP contribution in [0.2, 0.25) is 0 Å². The molecule has 8 heteroatoms. The number of rotatable bonds is 4. The maximum atomic E-state index is 12.7. The molecule has 29 heavy (non-hydrogen) atoms. The van der Waals surface area contributed by atoms with Crippen LogP contribution in [-0.2, 0) is 11.2 Å². The average molecular weight is 390 g/mol. The summed E-state index contributed by atoms with van der Waals surface area (Å²) in [5, 5.41) is 7.48. The Hall–Kier alpha value is -3.55. The highest BCUT2D eigenvalue weighted by Gasteiger charge is 2.18. The lowest BCUT2D eigenvalue weighted by molar-refractivity contribution is -0.115. The first kappa shape index (κ1) is 18.8. The molecular formula is C21H22N6O2. The van der Waals surface area contributed by atoms with Gasteiger partial charge in [-0.15, -0.1) is 0 Å². The van der Waals surface area contributed by atoms with E-state index in [1.807, 2.05) is 33.8 Å². The lowest BCUT2D eigenvalue weighted by Gasteiger charge is -2.07. The first-order valence-corrected chi connectivity index (χ1v) is 9.35. The zero-order valence-electron chi connectivity index (χ0n) is 17.1. The second-order valence-electron chi connectivity index (χ2n) is 7.15. The number of hydrogen-bond donors (Lipinski definition) is 1. The van der Waals surface area contributed by atoms with Crippen LogP contribution < -0.4 is 5.32 Å². The molecular weight excluding hydrogens is 368 g/mol. The van der Waals surface area contributed by atoms with Crippen molar-refractivity contribution in [1.82, 2.24) is 24.7 Å². The SMILES string of the molecule is Cc1cc(C)nc(-n2nc(C)c(CC(=O)Nc3ccc4oc(C)nc4c3)c2C)n1. The van der Waals surface area contributed by atoms with Crippen molar-refractivity contribution in [1.29, 1.82) is 0 Å². The van der Waals surface area contributed by atoms with Gasteiger partial charge in [0, 0.05) is 35.3 Å². The Balaban J connectivity index is 1.57. The molecule has 1 aromatic carbocycles. The highest BCUT2D eigenvalue weighted by atomic mass is 16.3. The van der Waals surface area contributed by atoms with Crippen molar-refractivity contribution in [3.8, 4) is 5.95 Å². The Bertz CT molecular complexity index is 1220. The standard InChI is InChI=1S/C21H22N6O2/c1-11-8-12(2)23-21(22-11)27-14(4)17(13(3)26-27)10-20(28)25-16-6-7-19-18(9-16)24-15(5)29-19/h6-9H,10H2,1-5H3,(H,25,28). The summed E-state index contributed by atoms with van der Waals surface area (Å²) >= 11 is 0. The molecule has 148 valence electrons. The number of nitrogens with zero attached hydrogens (tertiary/aromatic N) is 5. The topological polar surface area (TPSA) is 98.7 Å². The minimum absolute atomic E-state index is 0.128. The molecule has 0 unspecified atom stereocenters. The number of carbonyl (C=O) groups excluding carboxylic acids is 1. The number of anilines is 1. The van der Waals surface area contributed by atoms with Gasteiger partial charge in [-0.1, -0.05) is 0 Å². The van der Waals surface area contributed by atoms with Gasteiger partial charge in [0.1, 0.15) is 5.52 Å². The van der Waals surface area contributed by atoms with E-state index in [2.05, 4.69) is 25.4 Å². The number of amides is 1. The van der Waals surface area contributed by atoms with Gasteiger partial charge < -0.3 is 9.73 Å². The summed E-state index contributed by atoms with van der Waals surface area (Å²) in [4.78, 5) is 25.9. The van der Waals surface area contributed by atoms with Gasteiger partial charge in [0.05, 0.1) is 12.1 Å². The molecule has 3 aromatic heterocycles. The highest BCUT2D eigenvalue weighted by Crippen LogP contribution is 2.21. The number of fused-ring (bicyclic) bond motifs is 1. The van der Waals surface area contributed by atoms with Crippen LogP contribution in [0, 0.1) is 34.6 Å². The molecule has 0 aliphatic rings. The molecule has 4 rings (SSSR count). The molecule has 0 bridgehead atoms. The van der Waals surface area contributed by atoms with Crippen molar-refractivity contribution in [3.05, 3.63) is 58.5 Å². The Labute approximate surface area is 168 Å². The average Bonchev–Trinajstić information content (AvgIpc) is 3.14. The predicted molar refractivity (Wildman–Crippen MR) is 109 cm³/mol. The zero-order valence-corrected chi connectivity index (χ0v) is 17.1. The lowest BCUT2D eigenvalue weighted by Crippen LogP contribution is -2.15. The number of aryl methyl sites for hydroxylation is 4. The van der Waals surface area contributed by atoms with Crippen LogP contribution in [0.4, 0.5) is 5.69 Å². The number of hydrogen-bond acceptors (Lipinski definition) is 6. The first-order chi connectivity index (χ1) is 13.8. The van der Waals surface area contributed by atoms with Gasteiger partial charge in [0.2, 0.25) is 5.91 Å².